The van der Waals surface area contributed by atoms with Gasteiger partial charge in [0.25, 0.3) is 0 Å². The molecule has 3 aliphatic heterocycles. The first kappa shape index (κ1) is 50.1. The van der Waals surface area contributed by atoms with E-state index in [0.29, 0.717) is 19.1 Å². The summed E-state index contributed by atoms with van der Waals surface area (Å²) in [7, 11) is 0. The van der Waals surface area contributed by atoms with Crippen LogP contribution < -0.4 is 0 Å². The second-order valence-electron chi connectivity index (χ2n) is 19.0. The van der Waals surface area contributed by atoms with Crippen molar-refractivity contribution in [2.75, 3.05) is 13.2 Å². The molecule has 0 spiro atoms. The molecule has 0 saturated carbocycles. The first-order valence-corrected chi connectivity index (χ1v) is 23.6. The van der Waals surface area contributed by atoms with Gasteiger partial charge in [-0.05, 0) is 83.1 Å². The average Bonchev–Trinajstić information content (AvgIpc) is 3.97. The van der Waals surface area contributed by atoms with Gasteiger partial charge in [-0.2, -0.15) is 0 Å². The van der Waals surface area contributed by atoms with E-state index in [9.17, 15) is 14.4 Å². The summed E-state index contributed by atoms with van der Waals surface area (Å²) < 4.78 is 16.9. The summed E-state index contributed by atoms with van der Waals surface area (Å²) in [5, 5.41) is 0. The molecule has 342 valence electrons. The number of ether oxygens (including phenoxy) is 3. The lowest BCUT2D eigenvalue weighted by Gasteiger charge is -2.45. The Kier molecular flexibility index (Phi) is 17.5. The first-order chi connectivity index (χ1) is 29.5. The van der Waals surface area contributed by atoms with Crippen LogP contribution in [0, 0.1) is 11.8 Å². The normalized spacial score (nSPS) is 20.9. The minimum absolute atomic E-state index is 0.0531. The van der Waals surface area contributed by atoms with Crippen molar-refractivity contribution in [1.82, 2.24) is 14.7 Å². The molecule has 9 nitrogen and oxygen atoms in total. The first-order valence-electron chi connectivity index (χ1n) is 23.6. The zero-order chi connectivity index (χ0) is 45.9. The molecule has 0 bridgehead atoms. The Morgan fingerprint density at radius 3 is 1.44 bits per heavy atom. The lowest BCUT2D eigenvalue weighted by molar-refractivity contribution is 0.0397. The minimum Gasteiger partial charge on any atom is -0.447 e. The Morgan fingerprint density at radius 1 is 0.565 bits per heavy atom. The van der Waals surface area contributed by atoms with Crippen molar-refractivity contribution in [2.24, 2.45) is 11.8 Å². The Hall–Kier alpha value is -4.53. The zero-order valence-corrected chi connectivity index (χ0v) is 40.4. The molecule has 0 aromatic heterocycles. The highest BCUT2D eigenvalue weighted by Gasteiger charge is 2.60. The number of amides is 3. The van der Waals surface area contributed by atoms with Crippen LogP contribution in [-0.2, 0) is 26.2 Å². The molecule has 0 aliphatic carbocycles. The van der Waals surface area contributed by atoms with Gasteiger partial charge < -0.3 is 14.2 Å². The van der Waals surface area contributed by atoms with E-state index in [-0.39, 0.29) is 58.9 Å². The van der Waals surface area contributed by atoms with Gasteiger partial charge in [0.2, 0.25) is 0 Å². The molecule has 4 atom stereocenters. The van der Waals surface area contributed by atoms with Crippen LogP contribution in [0.3, 0.4) is 0 Å². The molecule has 62 heavy (non-hydrogen) atoms. The lowest BCUT2D eigenvalue weighted by Crippen LogP contribution is -2.56. The highest BCUT2D eigenvalue weighted by atomic mass is 16.6. The van der Waals surface area contributed by atoms with Crippen LogP contribution in [0.25, 0.3) is 0 Å². The quantitative estimate of drug-likeness (QED) is 0.133. The third-order valence-electron chi connectivity index (χ3n) is 14.5. The lowest BCUT2D eigenvalue weighted by atomic mass is 9.74. The third kappa shape index (κ3) is 10.5. The van der Waals surface area contributed by atoms with Gasteiger partial charge in [0, 0.05) is 27.7 Å². The Bertz CT molecular complexity index is 1800. The van der Waals surface area contributed by atoms with Crippen molar-refractivity contribution in [3.05, 3.63) is 108 Å². The molecule has 9 heteroatoms. The Morgan fingerprint density at radius 2 is 1.00 bits per heavy atom. The molecule has 3 aromatic carbocycles. The second kappa shape index (κ2) is 21.7. The van der Waals surface area contributed by atoms with Crippen molar-refractivity contribution in [1.29, 1.82) is 0 Å². The van der Waals surface area contributed by atoms with E-state index in [1.807, 2.05) is 64.4 Å². The Labute approximate surface area is 374 Å². The predicted molar refractivity (Wildman–Crippen MR) is 251 cm³/mol. The van der Waals surface area contributed by atoms with Crippen LogP contribution in [0.4, 0.5) is 14.4 Å². The van der Waals surface area contributed by atoms with Crippen LogP contribution in [-0.4, -0.2) is 80.9 Å². The third-order valence-corrected chi connectivity index (χ3v) is 14.5. The van der Waals surface area contributed by atoms with Crippen molar-refractivity contribution < 1.29 is 28.6 Å². The molecular weight excluding hydrogens is 775 g/mol. The van der Waals surface area contributed by atoms with Gasteiger partial charge in [0.15, 0.2) is 5.60 Å². The molecule has 0 N–H and O–H groups in total. The van der Waals surface area contributed by atoms with Crippen molar-refractivity contribution in [3.63, 3.8) is 0 Å². The average molecular weight is 854 g/mol. The van der Waals surface area contributed by atoms with Gasteiger partial charge in [0.05, 0.1) is 18.1 Å². The minimum atomic E-state index is -0.808. The van der Waals surface area contributed by atoms with Gasteiger partial charge in [-0.3, -0.25) is 14.7 Å². The van der Waals surface area contributed by atoms with Crippen LogP contribution in [0.15, 0.2) is 91.0 Å². The van der Waals surface area contributed by atoms with Gasteiger partial charge in [-0.15, -0.1) is 0 Å². The molecule has 3 saturated heterocycles. The van der Waals surface area contributed by atoms with Gasteiger partial charge in [-0.1, -0.05) is 167 Å². The SMILES string of the molecule is CCC(C)(CC)N1C(=O)OC[C@@H]1C(C)C.CCC(C)(CC)N1C(=O)OC[C@@H]1Cc1ccccc1.CCCC(C)(CC)N1C(=O)OC(c2ccccc2)(c2ccccc2)[C@@H]1C(C)C. The number of rotatable bonds is 16. The molecule has 3 aliphatic rings. The van der Waals surface area contributed by atoms with E-state index >= 15 is 0 Å². The fourth-order valence-electron chi connectivity index (χ4n) is 9.76. The van der Waals surface area contributed by atoms with E-state index in [2.05, 4.69) is 131 Å². The Balaban J connectivity index is 0.000000217. The summed E-state index contributed by atoms with van der Waals surface area (Å²) in [5.41, 5.74) is 2.13. The fraction of sp³-hybridized carbons (Fsp3) is 0.604. The highest BCUT2D eigenvalue weighted by molar-refractivity contribution is 5.75. The summed E-state index contributed by atoms with van der Waals surface area (Å²) in [5.74, 6) is 0.684. The molecular formula is C53H79N3O6. The van der Waals surface area contributed by atoms with E-state index in [1.165, 1.54) is 5.56 Å². The van der Waals surface area contributed by atoms with Crippen LogP contribution in [0.2, 0.25) is 0 Å². The summed E-state index contributed by atoms with van der Waals surface area (Å²) >= 11 is 0. The van der Waals surface area contributed by atoms with Crippen molar-refractivity contribution >= 4 is 18.3 Å². The summed E-state index contributed by atoms with van der Waals surface area (Å²) in [6.45, 7) is 29.1. The van der Waals surface area contributed by atoms with Crippen molar-refractivity contribution in [3.8, 4) is 0 Å². The fourth-order valence-corrected chi connectivity index (χ4v) is 9.76. The summed E-state index contributed by atoms with van der Waals surface area (Å²) in [6, 6.07) is 31.1. The topological polar surface area (TPSA) is 88.6 Å². The zero-order valence-electron chi connectivity index (χ0n) is 40.4. The molecule has 3 amide bonds. The molecule has 3 heterocycles. The van der Waals surface area contributed by atoms with Gasteiger partial charge >= 0.3 is 18.3 Å². The maximum atomic E-state index is 13.4. The number of hydrogen-bond acceptors (Lipinski definition) is 6. The second-order valence-corrected chi connectivity index (χ2v) is 19.0. The van der Waals surface area contributed by atoms with E-state index in [0.717, 1.165) is 62.5 Å². The summed E-state index contributed by atoms with van der Waals surface area (Å²) in [4.78, 5) is 43.2. The molecule has 0 radical (unpaired) electrons. The van der Waals surface area contributed by atoms with E-state index in [4.69, 9.17) is 14.2 Å². The maximum absolute atomic E-state index is 13.4. The molecule has 1 unspecified atom stereocenters. The molecule has 6 rings (SSSR count). The molecule has 3 aromatic rings. The summed E-state index contributed by atoms with van der Waals surface area (Å²) in [6.07, 6.45) is 7.10. The standard InChI is InChI=1S/C25H33NO2.C16H23NO2.C12H23NO2/c1-6-18-24(5,7-2)26-22(19(3)4)25(28-23(26)27,20-14-10-8-11-15-20)21-16-12-9-13-17-21;1-4-16(3,5-2)17-14(12-19-15(17)18)11-13-9-7-6-8-10-13;1-6-12(5,7-2)13-10(9(3)4)8-15-11(13)14/h8-17,19,22H,6-7,18H2,1-5H3;6-10,14H,4-5,11-12H2,1-3H3;9-10H,6-8H2,1-5H3/t22-,24?;14-;10-/m001/s1. The van der Waals surface area contributed by atoms with Crippen LogP contribution >= 0.6 is 0 Å². The largest absolute Gasteiger partial charge is 0.447 e. The van der Waals surface area contributed by atoms with Crippen molar-refractivity contribution in [2.45, 2.75) is 182 Å². The van der Waals surface area contributed by atoms with Gasteiger partial charge in [0.1, 0.15) is 13.2 Å². The highest BCUT2D eigenvalue weighted by Crippen LogP contribution is 2.50. The van der Waals surface area contributed by atoms with Crippen LogP contribution in [0.5, 0.6) is 0 Å². The monoisotopic (exact) mass is 854 g/mol. The molecule has 3 fully saturated rings. The number of hydrogen-bond donors (Lipinski definition) is 0. The van der Waals surface area contributed by atoms with E-state index < -0.39 is 5.60 Å². The van der Waals surface area contributed by atoms with Crippen LogP contribution in [0.1, 0.15) is 152 Å². The number of cyclic esters (lactones) is 3. The smallest absolute Gasteiger partial charge is 0.411 e. The number of carbonyl (C=O) groups excluding carboxylic acids is 3. The number of carbonyl (C=O) groups is 3. The van der Waals surface area contributed by atoms with Gasteiger partial charge in [-0.25, -0.2) is 14.4 Å². The maximum Gasteiger partial charge on any atom is 0.411 e. The van der Waals surface area contributed by atoms with E-state index in [1.54, 1.807) is 0 Å². The predicted octanol–water partition coefficient (Wildman–Crippen LogP) is 13.0. The number of nitrogens with zero attached hydrogens (tertiary/aromatic N) is 3. The number of benzene rings is 3.